The largest absolute Gasteiger partial charge is 0.489 e. The molecule has 18 heavy (non-hydrogen) atoms. The van der Waals surface area contributed by atoms with Crippen molar-refractivity contribution in [2.45, 2.75) is 6.92 Å². The van der Waals surface area contributed by atoms with E-state index in [2.05, 4.69) is 4.74 Å². The Hall–Kier alpha value is -2.04. The van der Waals surface area contributed by atoms with E-state index in [0.717, 1.165) is 0 Å². The lowest BCUT2D eigenvalue weighted by atomic mass is 10.1. The van der Waals surface area contributed by atoms with Crippen LogP contribution in [0.2, 0.25) is 0 Å². The van der Waals surface area contributed by atoms with Gasteiger partial charge in [-0.3, -0.25) is 4.79 Å². The third-order valence-corrected chi connectivity index (χ3v) is 2.62. The lowest BCUT2D eigenvalue weighted by Crippen LogP contribution is -2.15. The number of hydrogen-bond acceptors (Lipinski definition) is 5. The summed E-state index contributed by atoms with van der Waals surface area (Å²) in [4.78, 5) is 22.8. The van der Waals surface area contributed by atoms with Crippen LogP contribution in [0.3, 0.4) is 0 Å². The Morgan fingerprint density at radius 2 is 1.89 bits per heavy atom. The smallest absolute Gasteiger partial charge is 0.379 e. The fourth-order valence-corrected chi connectivity index (χ4v) is 1.60. The molecule has 1 aliphatic heterocycles. The molecule has 0 amide bonds. The van der Waals surface area contributed by atoms with Crippen molar-refractivity contribution in [1.82, 2.24) is 0 Å². The Morgan fingerprint density at radius 3 is 2.56 bits per heavy atom. The maximum absolute atomic E-state index is 11.6. The standard InChI is InChI=1S/C13H14O5/c1-8-6-17-10-4-3-9(5-11(10)18-7-8)12(14)13(15)16-2/h3-5,8H,6-7H2,1-2H3. The van der Waals surface area contributed by atoms with E-state index in [1.165, 1.54) is 19.2 Å². The van der Waals surface area contributed by atoms with Gasteiger partial charge in [0.2, 0.25) is 0 Å². The molecule has 1 heterocycles. The first kappa shape index (κ1) is 12.4. The van der Waals surface area contributed by atoms with E-state index >= 15 is 0 Å². The summed E-state index contributed by atoms with van der Waals surface area (Å²) in [6.45, 7) is 3.09. The van der Waals surface area contributed by atoms with Crippen molar-refractivity contribution < 1.29 is 23.8 Å². The molecule has 5 heteroatoms. The van der Waals surface area contributed by atoms with E-state index in [4.69, 9.17) is 9.47 Å². The third kappa shape index (κ3) is 2.45. The number of fused-ring (bicyclic) bond motifs is 1. The highest BCUT2D eigenvalue weighted by Gasteiger charge is 2.21. The molecular weight excluding hydrogens is 236 g/mol. The van der Waals surface area contributed by atoms with E-state index in [1.54, 1.807) is 6.07 Å². The summed E-state index contributed by atoms with van der Waals surface area (Å²) in [6.07, 6.45) is 0. The van der Waals surface area contributed by atoms with Crippen LogP contribution in [0.1, 0.15) is 17.3 Å². The van der Waals surface area contributed by atoms with E-state index in [9.17, 15) is 9.59 Å². The Morgan fingerprint density at radius 1 is 1.22 bits per heavy atom. The van der Waals surface area contributed by atoms with Gasteiger partial charge in [0.25, 0.3) is 5.78 Å². The molecule has 0 saturated carbocycles. The molecule has 1 unspecified atom stereocenters. The molecule has 0 spiro atoms. The van der Waals surface area contributed by atoms with Crippen LogP contribution in [-0.4, -0.2) is 32.1 Å². The average Bonchev–Trinajstić information content (AvgIpc) is 2.59. The summed E-state index contributed by atoms with van der Waals surface area (Å²) in [5, 5.41) is 0. The van der Waals surface area contributed by atoms with Crippen LogP contribution in [0.15, 0.2) is 18.2 Å². The highest BCUT2D eigenvalue weighted by Crippen LogP contribution is 2.31. The lowest BCUT2D eigenvalue weighted by molar-refractivity contribution is -0.135. The lowest BCUT2D eigenvalue weighted by Gasteiger charge is -2.08. The number of hydrogen-bond donors (Lipinski definition) is 0. The van der Waals surface area contributed by atoms with Gasteiger partial charge in [0.05, 0.1) is 20.3 Å². The molecule has 96 valence electrons. The monoisotopic (exact) mass is 250 g/mol. The number of carbonyl (C=O) groups excluding carboxylic acids is 2. The zero-order valence-electron chi connectivity index (χ0n) is 10.3. The van der Waals surface area contributed by atoms with E-state index in [0.29, 0.717) is 24.7 Å². The molecule has 0 radical (unpaired) electrons. The van der Waals surface area contributed by atoms with Gasteiger partial charge in [-0.05, 0) is 18.2 Å². The van der Waals surface area contributed by atoms with Gasteiger partial charge in [0.15, 0.2) is 11.5 Å². The SMILES string of the molecule is COC(=O)C(=O)c1ccc2c(c1)OCC(C)CO2. The van der Waals surface area contributed by atoms with Crippen LogP contribution < -0.4 is 9.47 Å². The van der Waals surface area contributed by atoms with E-state index in [1.807, 2.05) is 6.92 Å². The minimum absolute atomic E-state index is 0.235. The molecule has 5 nitrogen and oxygen atoms in total. The number of ether oxygens (including phenoxy) is 3. The van der Waals surface area contributed by atoms with Crippen LogP contribution >= 0.6 is 0 Å². The number of carbonyl (C=O) groups is 2. The minimum Gasteiger partial charge on any atom is -0.489 e. The first-order valence-electron chi connectivity index (χ1n) is 5.64. The first-order valence-corrected chi connectivity index (χ1v) is 5.64. The average molecular weight is 250 g/mol. The quantitative estimate of drug-likeness (QED) is 0.451. The minimum atomic E-state index is -0.891. The second-order valence-electron chi connectivity index (χ2n) is 4.21. The third-order valence-electron chi connectivity index (χ3n) is 2.62. The molecule has 1 atom stereocenters. The Bertz CT molecular complexity index is 480. The number of benzene rings is 1. The summed E-state index contributed by atoms with van der Waals surface area (Å²) in [6, 6.07) is 4.66. The summed E-state index contributed by atoms with van der Waals surface area (Å²) in [5.74, 6) is -0.244. The topological polar surface area (TPSA) is 61.8 Å². The number of esters is 1. The number of methoxy groups -OCH3 is 1. The van der Waals surface area contributed by atoms with Gasteiger partial charge in [0.1, 0.15) is 0 Å². The highest BCUT2D eigenvalue weighted by molar-refractivity contribution is 6.40. The van der Waals surface area contributed by atoms with Gasteiger partial charge >= 0.3 is 5.97 Å². The molecule has 2 rings (SSSR count). The molecular formula is C13H14O5. The summed E-state index contributed by atoms with van der Waals surface area (Å²) >= 11 is 0. The van der Waals surface area contributed by atoms with Crippen molar-refractivity contribution in [3.05, 3.63) is 23.8 Å². The predicted molar refractivity (Wildman–Crippen MR) is 62.9 cm³/mol. The van der Waals surface area contributed by atoms with Crippen molar-refractivity contribution in [3.8, 4) is 11.5 Å². The van der Waals surface area contributed by atoms with Gasteiger partial charge in [-0.2, -0.15) is 0 Å². The molecule has 0 fully saturated rings. The molecule has 0 aliphatic carbocycles. The van der Waals surface area contributed by atoms with E-state index < -0.39 is 11.8 Å². The Labute approximate surface area is 105 Å². The van der Waals surface area contributed by atoms with Gasteiger partial charge in [-0.1, -0.05) is 6.92 Å². The van der Waals surface area contributed by atoms with E-state index in [-0.39, 0.29) is 11.5 Å². The molecule has 0 bridgehead atoms. The summed E-state index contributed by atoms with van der Waals surface area (Å²) in [5.41, 5.74) is 0.235. The summed E-state index contributed by atoms with van der Waals surface area (Å²) < 4.78 is 15.5. The van der Waals surface area contributed by atoms with Crippen molar-refractivity contribution in [1.29, 1.82) is 0 Å². The zero-order chi connectivity index (χ0) is 13.1. The van der Waals surface area contributed by atoms with Gasteiger partial charge in [0, 0.05) is 11.5 Å². The predicted octanol–water partition coefficient (Wildman–Crippen LogP) is 1.45. The normalized spacial score (nSPS) is 17.8. The second-order valence-corrected chi connectivity index (χ2v) is 4.21. The fourth-order valence-electron chi connectivity index (χ4n) is 1.60. The molecule has 0 N–H and O–H groups in total. The summed E-state index contributed by atoms with van der Waals surface area (Å²) in [7, 11) is 1.17. The van der Waals surface area contributed by atoms with Crippen molar-refractivity contribution in [3.63, 3.8) is 0 Å². The van der Waals surface area contributed by atoms with Gasteiger partial charge in [-0.25, -0.2) is 4.79 Å². The van der Waals surface area contributed by atoms with Crippen molar-refractivity contribution in [2.75, 3.05) is 20.3 Å². The van der Waals surface area contributed by atoms with Crippen LogP contribution in [0.4, 0.5) is 0 Å². The van der Waals surface area contributed by atoms with Gasteiger partial charge < -0.3 is 14.2 Å². The zero-order valence-corrected chi connectivity index (χ0v) is 10.3. The van der Waals surface area contributed by atoms with Crippen LogP contribution in [-0.2, 0) is 9.53 Å². The maximum Gasteiger partial charge on any atom is 0.379 e. The van der Waals surface area contributed by atoms with Crippen molar-refractivity contribution in [2.24, 2.45) is 5.92 Å². The molecule has 1 aromatic rings. The Kier molecular flexibility index (Phi) is 3.50. The van der Waals surface area contributed by atoms with Crippen LogP contribution in [0.25, 0.3) is 0 Å². The van der Waals surface area contributed by atoms with Gasteiger partial charge in [-0.15, -0.1) is 0 Å². The van der Waals surface area contributed by atoms with Crippen LogP contribution in [0.5, 0.6) is 11.5 Å². The fraction of sp³-hybridized carbons (Fsp3) is 0.385. The number of Topliss-reactive ketones (excluding diaryl/α,β-unsaturated/α-hetero) is 1. The molecule has 0 saturated heterocycles. The van der Waals surface area contributed by atoms with Crippen LogP contribution in [0, 0.1) is 5.92 Å². The number of ketones is 1. The first-order chi connectivity index (χ1) is 8.61. The second kappa shape index (κ2) is 5.08. The maximum atomic E-state index is 11.6. The molecule has 1 aromatic carbocycles. The van der Waals surface area contributed by atoms with Crippen molar-refractivity contribution >= 4 is 11.8 Å². The molecule has 0 aromatic heterocycles. The number of rotatable bonds is 2. The Balaban J connectivity index is 2.27. The highest BCUT2D eigenvalue weighted by atomic mass is 16.5. The molecule has 1 aliphatic rings.